The first-order valence-corrected chi connectivity index (χ1v) is 7.81. The molecule has 1 saturated heterocycles. The van der Waals surface area contributed by atoms with Crippen LogP contribution >= 0.6 is 0 Å². The van der Waals surface area contributed by atoms with Crippen molar-refractivity contribution >= 4 is 5.82 Å². The smallest absolute Gasteiger partial charge is 0.132 e. The fraction of sp³-hybridized carbons (Fsp3) is 0.444. The van der Waals surface area contributed by atoms with Gasteiger partial charge < -0.3 is 4.90 Å². The predicted molar refractivity (Wildman–Crippen MR) is 86.8 cm³/mol. The van der Waals surface area contributed by atoms with Crippen LogP contribution in [0.2, 0.25) is 0 Å². The summed E-state index contributed by atoms with van der Waals surface area (Å²) in [5.41, 5.74) is 3.88. The predicted octanol–water partition coefficient (Wildman–Crippen LogP) is 3.73. The number of benzene rings is 1. The highest BCUT2D eigenvalue weighted by molar-refractivity contribution is 5.43. The first kappa shape index (κ1) is 14.1. The maximum Gasteiger partial charge on any atom is 0.132 e. The molecule has 2 atom stereocenters. The summed E-state index contributed by atoms with van der Waals surface area (Å²) in [4.78, 5) is 11.2. The van der Waals surface area contributed by atoms with Gasteiger partial charge >= 0.3 is 0 Å². The Labute approximate surface area is 127 Å². The molecule has 0 bridgehead atoms. The van der Waals surface area contributed by atoms with Crippen molar-refractivity contribution in [1.29, 1.82) is 0 Å². The van der Waals surface area contributed by atoms with E-state index >= 15 is 0 Å². The van der Waals surface area contributed by atoms with Crippen LogP contribution in [0.1, 0.15) is 43.0 Å². The molecule has 3 rings (SSSR count). The topological polar surface area (TPSA) is 29.0 Å². The van der Waals surface area contributed by atoms with Gasteiger partial charge in [-0.1, -0.05) is 36.8 Å². The maximum absolute atomic E-state index is 4.48. The van der Waals surface area contributed by atoms with Gasteiger partial charge in [0.15, 0.2) is 0 Å². The van der Waals surface area contributed by atoms with Gasteiger partial charge in [0.25, 0.3) is 0 Å². The highest BCUT2D eigenvalue weighted by atomic mass is 15.2. The molecule has 0 radical (unpaired) electrons. The van der Waals surface area contributed by atoms with Gasteiger partial charge in [-0.3, -0.25) is 0 Å². The van der Waals surface area contributed by atoms with E-state index in [4.69, 9.17) is 0 Å². The molecule has 0 N–H and O–H groups in total. The van der Waals surface area contributed by atoms with Gasteiger partial charge in [-0.05, 0) is 32.3 Å². The van der Waals surface area contributed by atoms with E-state index in [1.807, 2.05) is 0 Å². The Kier molecular flexibility index (Phi) is 3.91. The van der Waals surface area contributed by atoms with Gasteiger partial charge in [-0.2, -0.15) is 0 Å². The summed E-state index contributed by atoms with van der Waals surface area (Å²) < 4.78 is 0. The molecule has 2 aromatic rings. The zero-order chi connectivity index (χ0) is 14.8. The third-order valence-corrected chi connectivity index (χ3v) is 4.49. The van der Waals surface area contributed by atoms with E-state index in [0.717, 1.165) is 24.5 Å². The van der Waals surface area contributed by atoms with E-state index in [9.17, 15) is 0 Å². The van der Waals surface area contributed by atoms with Crippen molar-refractivity contribution in [2.45, 2.75) is 45.6 Å². The van der Waals surface area contributed by atoms with Gasteiger partial charge in [-0.15, -0.1) is 0 Å². The minimum atomic E-state index is 0.524. The second-order valence-electron chi connectivity index (χ2n) is 6.07. The molecule has 0 spiro atoms. The van der Waals surface area contributed by atoms with Gasteiger partial charge in [0.1, 0.15) is 12.1 Å². The van der Waals surface area contributed by atoms with E-state index in [2.05, 4.69) is 66.0 Å². The van der Waals surface area contributed by atoms with E-state index in [1.54, 1.807) is 6.33 Å². The van der Waals surface area contributed by atoms with Crippen LogP contribution in [0, 0.1) is 6.92 Å². The second kappa shape index (κ2) is 5.84. The molecule has 110 valence electrons. The Morgan fingerprint density at radius 3 is 2.67 bits per heavy atom. The summed E-state index contributed by atoms with van der Waals surface area (Å²) >= 11 is 0. The number of hydrogen-bond acceptors (Lipinski definition) is 3. The Morgan fingerprint density at radius 1 is 1.19 bits per heavy atom. The van der Waals surface area contributed by atoms with Crippen LogP contribution in [0.25, 0.3) is 0 Å². The monoisotopic (exact) mass is 281 g/mol. The average Bonchev–Trinajstić information content (AvgIpc) is 2.90. The molecular formula is C18H23N3. The highest BCUT2D eigenvalue weighted by Crippen LogP contribution is 2.34. The summed E-state index contributed by atoms with van der Waals surface area (Å²) in [5.74, 6) is 1.67. The molecule has 0 aliphatic carbocycles. The standard InChI is InChI=1S/C18H23N3/c1-4-17-10-18(20-12-19-17)21-11-16(9-14(21)3)15-7-5-13(2)6-8-15/h5-8,10,12,14,16H,4,9,11H2,1-3H3. The zero-order valence-electron chi connectivity index (χ0n) is 13.1. The molecule has 0 amide bonds. The summed E-state index contributed by atoms with van der Waals surface area (Å²) in [6.07, 6.45) is 3.84. The fourth-order valence-corrected chi connectivity index (χ4v) is 3.17. The second-order valence-corrected chi connectivity index (χ2v) is 6.07. The normalized spacial score (nSPS) is 21.8. The Balaban J connectivity index is 1.80. The first-order chi connectivity index (χ1) is 10.2. The lowest BCUT2D eigenvalue weighted by Crippen LogP contribution is -2.27. The molecule has 1 aromatic heterocycles. The van der Waals surface area contributed by atoms with E-state index < -0.39 is 0 Å². The SMILES string of the molecule is CCc1cc(N2CC(c3ccc(C)cc3)CC2C)ncn1. The number of rotatable bonds is 3. The van der Waals surface area contributed by atoms with Crippen LogP contribution in [0.5, 0.6) is 0 Å². The van der Waals surface area contributed by atoms with Crippen LogP contribution in [-0.4, -0.2) is 22.6 Å². The summed E-state index contributed by atoms with van der Waals surface area (Å²) in [6.45, 7) is 7.61. The van der Waals surface area contributed by atoms with Gasteiger partial charge in [0.05, 0.1) is 0 Å². The van der Waals surface area contributed by atoms with E-state index in [0.29, 0.717) is 12.0 Å². The van der Waals surface area contributed by atoms with Crippen molar-refractivity contribution < 1.29 is 0 Å². The molecule has 21 heavy (non-hydrogen) atoms. The molecule has 1 aromatic carbocycles. The van der Waals surface area contributed by atoms with Crippen LogP contribution in [0.4, 0.5) is 5.82 Å². The summed E-state index contributed by atoms with van der Waals surface area (Å²) in [6, 6.07) is 11.6. The zero-order valence-corrected chi connectivity index (χ0v) is 13.1. The molecule has 2 unspecified atom stereocenters. The van der Waals surface area contributed by atoms with Crippen molar-refractivity contribution in [3.8, 4) is 0 Å². The highest BCUT2D eigenvalue weighted by Gasteiger charge is 2.30. The van der Waals surface area contributed by atoms with Gasteiger partial charge in [0, 0.05) is 30.3 Å². The Morgan fingerprint density at radius 2 is 1.95 bits per heavy atom. The minimum Gasteiger partial charge on any atom is -0.353 e. The maximum atomic E-state index is 4.48. The minimum absolute atomic E-state index is 0.524. The van der Waals surface area contributed by atoms with Crippen molar-refractivity contribution in [3.63, 3.8) is 0 Å². The van der Waals surface area contributed by atoms with Crippen molar-refractivity contribution in [2.24, 2.45) is 0 Å². The summed E-state index contributed by atoms with van der Waals surface area (Å²) in [5, 5.41) is 0. The first-order valence-electron chi connectivity index (χ1n) is 7.81. The van der Waals surface area contributed by atoms with E-state index in [-0.39, 0.29) is 0 Å². The third kappa shape index (κ3) is 2.92. The number of anilines is 1. The van der Waals surface area contributed by atoms with Crippen molar-refractivity contribution in [3.05, 3.63) is 53.5 Å². The molecule has 1 aliphatic heterocycles. The number of nitrogens with zero attached hydrogens (tertiary/aromatic N) is 3. The van der Waals surface area contributed by atoms with Crippen LogP contribution in [0.3, 0.4) is 0 Å². The molecule has 0 saturated carbocycles. The molecular weight excluding hydrogens is 258 g/mol. The van der Waals surface area contributed by atoms with Crippen LogP contribution < -0.4 is 4.90 Å². The molecule has 1 aliphatic rings. The van der Waals surface area contributed by atoms with Crippen LogP contribution in [0.15, 0.2) is 36.7 Å². The third-order valence-electron chi connectivity index (χ3n) is 4.49. The molecule has 3 nitrogen and oxygen atoms in total. The number of aryl methyl sites for hydroxylation is 2. The molecule has 3 heteroatoms. The van der Waals surface area contributed by atoms with Gasteiger partial charge in [-0.25, -0.2) is 9.97 Å². The average molecular weight is 281 g/mol. The Hall–Kier alpha value is -1.90. The fourth-order valence-electron chi connectivity index (χ4n) is 3.17. The molecule has 1 fully saturated rings. The van der Waals surface area contributed by atoms with Crippen molar-refractivity contribution in [2.75, 3.05) is 11.4 Å². The molecule has 2 heterocycles. The largest absolute Gasteiger partial charge is 0.353 e. The lowest BCUT2D eigenvalue weighted by molar-refractivity contribution is 0.696. The Bertz CT molecular complexity index is 606. The van der Waals surface area contributed by atoms with E-state index in [1.165, 1.54) is 17.5 Å². The van der Waals surface area contributed by atoms with Crippen molar-refractivity contribution in [1.82, 2.24) is 9.97 Å². The van der Waals surface area contributed by atoms with Crippen LogP contribution in [-0.2, 0) is 6.42 Å². The lowest BCUT2D eigenvalue weighted by Gasteiger charge is -2.22. The number of aromatic nitrogens is 2. The quantitative estimate of drug-likeness (QED) is 0.858. The lowest BCUT2D eigenvalue weighted by atomic mass is 9.96. The van der Waals surface area contributed by atoms with Gasteiger partial charge in [0.2, 0.25) is 0 Å². The number of hydrogen-bond donors (Lipinski definition) is 0. The summed E-state index contributed by atoms with van der Waals surface area (Å²) in [7, 11) is 0.